The van der Waals surface area contributed by atoms with Crippen LogP contribution in [0.25, 0.3) is 0 Å². The molecule has 0 aliphatic rings. The fraction of sp³-hybridized carbons (Fsp3) is 0.286. The summed E-state index contributed by atoms with van der Waals surface area (Å²) < 4.78 is 15.5. The van der Waals surface area contributed by atoms with E-state index in [-0.39, 0.29) is 18.8 Å². The van der Waals surface area contributed by atoms with Crippen LogP contribution in [0.4, 0.5) is 0 Å². The van der Waals surface area contributed by atoms with Crippen LogP contribution in [0.1, 0.15) is 35.3 Å². The van der Waals surface area contributed by atoms with Gasteiger partial charge in [-0.25, -0.2) is 0 Å². The van der Waals surface area contributed by atoms with Gasteiger partial charge in [0.15, 0.2) is 23.9 Å². The first kappa shape index (κ1) is 21.0. The van der Waals surface area contributed by atoms with E-state index in [1.54, 1.807) is 18.2 Å². The number of hydrogen-bond donors (Lipinski definition) is 1. The molecule has 0 bridgehead atoms. The van der Waals surface area contributed by atoms with Crippen molar-refractivity contribution in [2.24, 2.45) is 0 Å². The van der Waals surface area contributed by atoms with Gasteiger partial charge in [-0.05, 0) is 30.7 Å². The van der Waals surface area contributed by atoms with Gasteiger partial charge in [-0.2, -0.15) is 0 Å². The number of amides is 1. The summed E-state index contributed by atoms with van der Waals surface area (Å²) in [5.41, 5.74) is 1.26. The Labute approximate surface area is 163 Å². The van der Waals surface area contributed by atoms with Crippen LogP contribution in [0.2, 0.25) is 0 Å². The average molecular weight is 385 g/mol. The number of benzene rings is 2. The third kappa shape index (κ3) is 5.84. The van der Waals surface area contributed by atoms with Crippen molar-refractivity contribution in [2.45, 2.75) is 19.4 Å². The summed E-state index contributed by atoms with van der Waals surface area (Å²) in [7, 11) is 2.75. The van der Waals surface area contributed by atoms with Crippen molar-refractivity contribution < 1.29 is 28.6 Å². The smallest absolute Gasteiger partial charge is 0.307 e. The first-order chi connectivity index (χ1) is 13.4. The minimum absolute atomic E-state index is 0.00286. The van der Waals surface area contributed by atoms with Gasteiger partial charge in [-0.3, -0.25) is 14.4 Å². The Bertz CT molecular complexity index is 834. The van der Waals surface area contributed by atoms with Gasteiger partial charge in [-0.15, -0.1) is 0 Å². The Morgan fingerprint density at radius 2 is 1.71 bits per heavy atom. The summed E-state index contributed by atoms with van der Waals surface area (Å²) >= 11 is 0. The Hall–Kier alpha value is -3.35. The maximum Gasteiger partial charge on any atom is 0.307 e. The van der Waals surface area contributed by atoms with Gasteiger partial charge < -0.3 is 19.5 Å². The second-order valence-corrected chi connectivity index (χ2v) is 6.02. The van der Waals surface area contributed by atoms with E-state index in [1.165, 1.54) is 21.1 Å². The van der Waals surface area contributed by atoms with Gasteiger partial charge in [0.05, 0.1) is 26.7 Å². The third-order valence-electron chi connectivity index (χ3n) is 4.06. The molecule has 28 heavy (non-hydrogen) atoms. The molecule has 0 heterocycles. The number of methoxy groups -OCH3 is 2. The van der Waals surface area contributed by atoms with Crippen LogP contribution in [0.5, 0.6) is 11.5 Å². The number of carbonyl (C=O) groups is 3. The molecule has 0 unspecified atom stereocenters. The third-order valence-corrected chi connectivity index (χ3v) is 4.06. The number of ketones is 1. The molecular weight excluding hydrogens is 362 g/mol. The maximum absolute atomic E-state index is 12.4. The zero-order chi connectivity index (χ0) is 20.5. The van der Waals surface area contributed by atoms with Gasteiger partial charge >= 0.3 is 5.97 Å². The molecule has 0 saturated carbocycles. The summed E-state index contributed by atoms with van der Waals surface area (Å²) in [6.45, 7) is 1.17. The summed E-state index contributed by atoms with van der Waals surface area (Å²) in [6, 6.07) is 13.3. The molecule has 0 fully saturated rings. The second-order valence-electron chi connectivity index (χ2n) is 6.02. The zero-order valence-electron chi connectivity index (χ0n) is 16.1. The number of ether oxygens (including phenoxy) is 3. The van der Waals surface area contributed by atoms with E-state index in [0.29, 0.717) is 17.1 Å². The molecular formula is C21H23NO6. The van der Waals surface area contributed by atoms with Gasteiger partial charge in [-0.1, -0.05) is 30.3 Å². The number of Topliss-reactive ketones (excluding diaryl/α,β-unsaturated/α-hetero) is 1. The largest absolute Gasteiger partial charge is 0.493 e. The molecule has 1 amide bonds. The lowest BCUT2D eigenvalue weighted by atomic mass is 10.0. The van der Waals surface area contributed by atoms with Crippen LogP contribution < -0.4 is 14.8 Å². The van der Waals surface area contributed by atoms with Crippen molar-refractivity contribution in [2.75, 3.05) is 20.8 Å². The van der Waals surface area contributed by atoms with Gasteiger partial charge in [0.2, 0.25) is 0 Å². The highest BCUT2D eigenvalue weighted by Crippen LogP contribution is 2.28. The molecule has 0 saturated heterocycles. The molecule has 1 atom stereocenters. The normalized spacial score (nSPS) is 11.2. The Kier molecular flexibility index (Phi) is 7.56. The van der Waals surface area contributed by atoms with Crippen LogP contribution in [-0.4, -0.2) is 38.5 Å². The van der Waals surface area contributed by atoms with E-state index in [0.717, 1.165) is 5.56 Å². The van der Waals surface area contributed by atoms with Crippen molar-refractivity contribution >= 4 is 17.7 Å². The summed E-state index contributed by atoms with van der Waals surface area (Å²) in [5, 5.41) is 2.78. The minimum atomic E-state index is -0.535. The molecule has 0 aromatic heterocycles. The molecule has 7 nitrogen and oxygen atoms in total. The quantitative estimate of drug-likeness (QED) is 0.527. The Morgan fingerprint density at radius 1 is 1.00 bits per heavy atom. The van der Waals surface area contributed by atoms with Crippen LogP contribution in [0.15, 0.2) is 48.5 Å². The topological polar surface area (TPSA) is 90.9 Å². The summed E-state index contributed by atoms with van der Waals surface area (Å²) in [6.07, 6.45) is 0.00286. The highest BCUT2D eigenvalue weighted by molar-refractivity contribution is 5.94. The fourth-order valence-corrected chi connectivity index (χ4v) is 2.57. The predicted octanol–water partition coefficient (Wildman–Crippen LogP) is 2.70. The monoisotopic (exact) mass is 385 g/mol. The van der Waals surface area contributed by atoms with Crippen molar-refractivity contribution in [3.05, 3.63) is 59.7 Å². The molecule has 0 spiro atoms. The summed E-state index contributed by atoms with van der Waals surface area (Å²) in [5.74, 6) is -0.246. The van der Waals surface area contributed by atoms with Crippen LogP contribution in [0, 0.1) is 0 Å². The standard InChI is InChI=1S/C21H23NO6/c1-14(23)16-9-10-18(19(11-16)26-2)28-13-20(24)22-17(12-21(25)27-3)15-7-5-4-6-8-15/h4-11,17H,12-13H2,1-3H3,(H,22,24)/t17-/m1/s1. The first-order valence-electron chi connectivity index (χ1n) is 8.67. The summed E-state index contributed by atoms with van der Waals surface area (Å²) in [4.78, 5) is 35.5. The molecule has 2 rings (SSSR count). The Morgan fingerprint density at radius 3 is 2.32 bits per heavy atom. The SMILES string of the molecule is COC(=O)C[C@@H](NC(=O)COc1ccc(C(C)=O)cc1OC)c1ccccc1. The molecule has 0 aliphatic carbocycles. The lowest BCUT2D eigenvalue weighted by Gasteiger charge is -2.19. The predicted molar refractivity (Wildman–Crippen MR) is 102 cm³/mol. The Balaban J connectivity index is 2.05. The fourth-order valence-electron chi connectivity index (χ4n) is 2.57. The van der Waals surface area contributed by atoms with E-state index in [9.17, 15) is 14.4 Å². The van der Waals surface area contributed by atoms with Crippen LogP contribution >= 0.6 is 0 Å². The molecule has 1 N–H and O–H groups in total. The van der Waals surface area contributed by atoms with Gasteiger partial charge in [0, 0.05) is 5.56 Å². The second kappa shape index (κ2) is 10.1. The van der Waals surface area contributed by atoms with Gasteiger partial charge in [0.25, 0.3) is 5.91 Å². The highest BCUT2D eigenvalue weighted by Gasteiger charge is 2.19. The average Bonchev–Trinajstić information content (AvgIpc) is 2.71. The van der Waals surface area contributed by atoms with E-state index in [4.69, 9.17) is 14.2 Å². The molecule has 0 radical (unpaired) electrons. The van der Waals surface area contributed by atoms with Crippen LogP contribution in [-0.2, 0) is 14.3 Å². The van der Waals surface area contributed by atoms with Crippen molar-refractivity contribution in [3.63, 3.8) is 0 Å². The number of hydrogen-bond acceptors (Lipinski definition) is 6. The van der Waals surface area contributed by atoms with Crippen molar-refractivity contribution in [1.82, 2.24) is 5.32 Å². The lowest BCUT2D eigenvalue weighted by Crippen LogP contribution is -2.34. The molecule has 0 aliphatic heterocycles. The minimum Gasteiger partial charge on any atom is -0.493 e. The highest BCUT2D eigenvalue weighted by atomic mass is 16.5. The van der Waals surface area contributed by atoms with Crippen molar-refractivity contribution in [3.8, 4) is 11.5 Å². The van der Waals surface area contributed by atoms with Crippen molar-refractivity contribution in [1.29, 1.82) is 0 Å². The molecule has 7 heteroatoms. The maximum atomic E-state index is 12.4. The van der Waals surface area contributed by atoms with E-state index in [1.807, 2.05) is 30.3 Å². The van der Waals surface area contributed by atoms with E-state index < -0.39 is 17.9 Å². The number of rotatable bonds is 9. The number of esters is 1. The van der Waals surface area contributed by atoms with Crippen LogP contribution in [0.3, 0.4) is 0 Å². The van der Waals surface area contributed by atoms with E-state index >= 15 is 0 Å². The lowest BCUT2D eigenvalue weighted by molar-refractivity contribution is -0.141. The molecule has 148 valence electrons. The van der Waals surface area contributed by atoms with E-state index in [2.05, 4.69) is 5.32 Å². The first-order valence-corrected chi connectivity index (χ1v) is 8.67. The molecule has 2 aromatic carbocycles. The van der Waals surface area contributed by atoms with Gasteiger partial charge in [0.1, 0.15) is 0 Å². The molecule has 2 aromatic rings. The zero-order valence-corrected chi connectivity index (χ0v) is 16.1. The number of nitrogens with one attached hydrogen (secondary N) is 1. The number of carbonyl (C=O) groups excluding carboxylic acids is 3.